The molecule has 1 fully saturated rings. The molecular weight excluding hydrogens is 112 g/mol. The average molecular weight is 128 g/mol. The van der Waals surface area contributed by atoms with Gasteiger partial charge in [-0.15, -0.1) is 0 Å². The van der Waals surface area contributed by atoms with Crippen molar-refractivity contribution in [2.75, 3.05) is 0 Å². The number of rotatable bonds is 1. The summed E-state index contributed by atoms with van der Waals surface area (Å²) in [6.07, 6.45) is 3.49. The van der Waals surface area contributed by atoms with Crippen LogP contribution in [0.5, 0.6) is 0 Å². The van der Waals surface area contributed by atoms with E-state index >= 15 is 0 Å². The number of aliphatic hydroxyl groups is 1. The van der Waals surface area contributed by atoms with Crippen molar-refractivity contribution in [3.8, 4) is 0 Å². The molecule has 54 valence electrons. The Balaban J connectivity index is 2.41. The summed E-state index contributed by atoms with van der Waals surface area (Å²) in [6.45, 7) is 4.37. The van der Waals surface area contributed by atoms with E-state index in [4.69, 9.17) is 0 Å². The molecule has 0 aromatic carbocycles. The van der Waals surface area contributed by atoms with E-state index in [0.717, 1.165) is 12.3 Å². The average Bonchev–Trinajstić information content (AvgIpc) is 2.15. The SMILES string of the molecule is CC[C@@H]1CC[C@@H](O)[C@@H]1C. The summed E-state index contributed by atoms with van der Waals surface area (Å²) in [5.74, 6) is 1.34. The molecule has 0 aromatic rings. The molecule has 9 heavy (non-hydrogen) atoms. The molecule has 1 nitrogen and oxygen atoms in total. The molecule has 0 spiro atoms. The highest BCUT2D eigenvalue weighted by molar-refractivity contribution is 4.80. The van der Waals surface area contributed by atoms with Gasteiger partial charge in [0.05, 0.1) is 6.10 Å². The van der Waals surface area contributed by atoms with E-state index in [2.05, 4.69) is 13.8 Å². The first-order valence-corrected chi connectivity index (χ1v) is 3.93. The highest BCUT2D eigenvalue weighted by Crippen LogP contribution is 2.33. The first-order chi connectivity index (χ1) is 4.25. The van der Waals surface area contributed by atoms with Gasteiger partial charge in [0.15, 0.2) is 0 Å². The van der Waals surface area contributed by atoms with Crippen LogP contribution in [0.15, 0.2) is 0 Å². The first-order valence-electron chi connectivity index (χ1n) is 3.93. The van der Waals surface area contributed by atoms with Gasteiger partial charge in [-0.1, -0.05) is 20.3 Å². The van der Waals surface area contributed by atoms with Crippen LogP contribution in [-0.4, -0.2) is 11.2 Å². The summed E-state index contributed by atoms with van der Waals surface area (Å²) in [7, 11) is 0. The van der Waals surface area contributed by atoms with Crippen LogP contribution < -0.4 is 0 Å². The third-order valence-electron chi connectivity index (χ3n) is 2.71. The molecule has 0 bridgehead atoms. The van der Waals surface area contributed by atoms with Crippen LogP contribution >= 0.6 is 0 Å². The molecule has 0 saturated heterocycles. The Morgan fingerprint density at radius 3 is 2.33 bits per heavy atom. The zero-order valence-corrected chi connectivity index (χ0v) is 6.30. The Morgan fingerprint density at radius 1 is 1.44 bits per heavy atom. The van der Waals surface area contributed by atoms with E-state index in [9.17, 15) is 5.11 Å². The molecule has 1 heteroatoms. The molecule has 0 radical (unpaired) electrons. The first kappa shape index (κ1) is 7.07. The van der Waals surface area contributed by atoms with Gasteiger partial charge in [0.25, 0.3) is 0 Å². The lowest BCUT2D eigenvalue weighted by molar-refractivity contribution is 0.127. The zero-order valence-electron chi connectivity index (χ0n) is 6.30. The Labute approximate surface area is 57.1 Å². The van der Waals surface area contributed by atoms with Crippen LogP contribution in [-0.2, 0) is 0 Å². The molecule has 1 aliphatic carbocycles. The smallest absolute Gasteiger partial charge is 0.0568 e. The van der Waals surface area contributed by atoms with Crippen molar-refractivity contribution in [2.45, 2.75) is 39.2 Å². The van der Waals surface area contributed by atoms with Crippen LogP contribution in [0.3, 0.4) is 0 Å². The largest absolute Gasteiger partial charge is 0.393 e. The monoisotopic (exact) mass is 128 g/mol. The van der Waals surface area contributed by atoms with Crippen molar-refractivity contribution in [1.82, 2.24) is 0 Å². The van der Waals surface area contributed by atoms with Gasteiger partial charge in [-0.3, -0.25) is 0 Å². The highest BCUT2D eigenvalue weighted by atomic mass is 16.3. The molecule has 1 saturated carbocycles. The molecule has 3 atom stereocenters. The molecular formula is C8H16O. The second-order valence-corrected chi connectivity index (χ2v) is 3.17. The van der Waals surface area contributed by atoms with E-state index < -0.39 is 0 Å². The molecule has 1 rings (SSSR count). The topological polar surface area (TPSA) is 20.2 Å². The maximum absolute atomic E-state index is 9.30. The molecule has 0 heterocycles. The van der Waals surface area contributed by atoms with Crippen molar-refractivity contribution in [1.29, 1.82) is 0 Å². The summed E-state index contributed by atoms with van der Waals surface area (Å²) < 4.78 is 0. The maximum atomic E-state index is 9.30. The standard InChI is InChI=1S/C8H16O/c1-3-7-4-5-8(9)6(7)2/h6-9H,3-5H2,1-2H3/t6-,7-,8-/m1/s1. The highest BCUT2D eigenvalue weighted by Gasteiger charge is 2.29. The Bertz CT molecular complexity index is 90.6. The van der Waals surface area contributed by atoms with Crippen molar-refractivity contribution in [2.24, 2.45) is 11.8 Å². The van der Waals surface area contributed by atoms with Gasteiger partial charge in [-0.05, 0) is 24.7 Å². The lowest BCUT2D eigenvalue weighted by Gasteiger charge is -2.14. The van der Waals surface area contributed by atoms with E-state index in [1.807, 2.05) is 0 Å². The Hall–Kier alpha value is -0.0400. The fraction of sp³-hybridized carbons (Fsp3) is 1.00. The third-order valence-corrected chi connectivity index (χ3v) is 2.71. The van der Waals surface area contributed by atoms with Crippen LogP contribution in [0.1, 0.15) is 33.1 Å². The van der Waals surface area contributed by atoms with Gasteiger partial charge in [-0.25, -0.2) is 0 Å². The van der Waals surface area contributed by atoms with E-state index in [1.165, 1.54) is 12.8 Å². The van der Waals surface area contributed by atoms with Gasteiger partial charge in [-0.2, -0.15) is 0 Å². The number of hydrogen-bond acceptors (Lipinski definition) is 1. The second kappa shape index (κ2) is 2.70. The minimum atomic E-state index is -0.00468. The molecule has 0 aromatic heterocycles. The summed E-state index contributed by atoms with van der Waals surface area (Å²) >= 11 is 0. The van der Waals surface area contributed by atoms with E-state index in [0.29, 0.717) is 5.92 Å². The predicted molar refractivity (Wildman–Crippen MR) is 38.2 cm³/mol. The van der Waals surface area contributed by atoms with Crippen molar-refractivity contribution >= 4 is 0 Å². The minimum absolute atomic E-state index is 0.00468. The maximum Gasteiger partial charge on any atom is 0.0568 e. The fourth-order valence-corrected chi connectivity index (χ4v) is 1.80. The lowest BCUT2D eigenvalue weighted by Crippen LogP contribution is -2.14. The zero-order chi connectivity index (χ0) is 6.85. The van der Waals surface area contributed by atoms with Crippen LogP contribution in [0.2, 0.25) is 0 Å². The predicted octanol–water partition coefficient (Wildman–Crippen LogP) is 1.80. The number of hydrogen-bond donors (Lipinski definition) is 1. The fourth-order valence-electron chi connectivity index (χ4n) is 1.80. The van der Waals surface area contributed by atoms with Gasteiger partial charge < -0.3 is 5.11 Å². The van der Waals surface area contributed by atoms with Gasteiger partial charge >= 0.3 is 0 Å². The van der Waals surface area contributed by atoms with Crippen molar-refractivity contribution in [3.05, 3.63) is 0 Å². The summed E-state index contributed by atoms with van der Waals surface area (Å²) in [5.41, 5.74) is 0. The lowest BCUT2D eigenvalue weighted by atomic mass is 9.95. The Morgan fingerprint density at radius 2 is 2.11 bits per heavy atom. The summed E-state index contributed by atoms with van der Waals surface area (Å²) in [6, 6.07) is 0. The van der Waals surface area contributed by atoms with Gasteiger partial charge in [0.2, 0.25) is 0 Å². The molecule has 0 unspecified atom stereocenters. The molecule has 1 N–H and O–H groups in total. The van der Waals surface area contributed by atoms with Crippen molar-refractivity contribution in [3.63, 3.8) is 0 Å². The minimum Gasteiger partial charge on any atom is -0.393 e. The van der Waals surface area contributed by atoms with Crippen LogP contribution in [0.4, 0.5) is 0 Å². The summed E-state index contributed by atoms with van der Waals surface area (Å²) in [4.78, 5) is 0. The van der Waals surface area contributed by atoms with Gasteiger partial charge in [0.1, 0.15) is 0 Å². The molecule has 1 aliphatic rings. The second-order valence-electron chi connectivity index (χ2n) is 3.17. The molecule has 0 amide bonds. The number of aliphatic hydroxyl groups excluding tert-OH is 1. The van der Waals surface area contributed by atoms with E-state index in [1.54, 1.807) is 0 Å². The van der Waals surface area contributed by atoms with Crippen molar-refractivity contribution < 1.29 is 5.11 Å². The quantitative estimate of drug-likeness (QED) is 0.571. The third kappa shape index (κ3) is 1.26. The van der Waals surface area contributed by atoms with Crippen LogP contribution in [0, 0.1) is 11.8 Å². The van der Waals surface area contributed by atoms with Gasteiger partial charge in [0, 0.05) is 0 Å². The normalized spacial score (nSPS) is 43.7. The van der Waals surface area contributed by atoms with Crippen LogP contribution in [0.25, 0.3) is 0 Å². The van der Waals surface area contributed by atoms with E-state index in [-0.39, 0.29) is 6.10 Å². The Kier molecular flexibility index (Phi) is 2.12. The molecule has 0 aliphatic heterocycles. The summed E-state index contributed by atoms with van der Waals surface area (Å²) in [5, 5.41) is 9.30.